The smallest absolute Gasteiger partial charge is 0.119 e. The van der Waals surface area contributed by atoms with Crippen molar-refractivity contribution in [2.24, 2.45) is 0 Å². The van der Waals surface area contributed by atoms with Gasteiger partial charge >= 0.3 is 0 Å². The molecule has 0 atom stereocenters. The molecule has 0 bridgehead atoms. The maximum absolute atomic E-state index is 5.72. The molecule has 4 heteroatoms. The van der Waals surface area contributed by atoms with Crippen molar-refractivity contribution in [1.29, 1.82) is 0 Å². The van der Waals surface area contributed by atoms with Crippen LogP contribution in [0.15, 0.2) is 133 Å². The lowest BCUT2D eigenvalue weighted by Crippen LogP contribution is -2.31. The lowest BCUT2D eigenvalue weighted by molar-refractivity contribution is 0.413. The highest BCUT2D eigenvalue weighted by Gasteiger charge is 2.39. The van der Waals surface area contributed by atoms with Crippen LogP contribution in [0.25, 0.3) is 11.1 Å². The van der Waals surface area contributed by atoms with Gasteiger partial charge in [0, 0.05) is 22.2 Å². The summed E-state index contributed by atoms with van der Waals surface area (Å²) in [6, 6.07) is 48.2. The third kappa shape index (κ3) is 4.51. The predicted molar refractivity (Wildman–Crippen MR) is 199 cm³/mol. The van der Waals surface area contributed by atoms with E-state index >= 15 is 0 Å². The number of nitrogens with zero attached hydrogens (tertiary/aromatic N) is 2. The van der Waals surface area contributed by atoms with Crippen LogP contribution in [0.3, 0.4) is 0 Å². The molecule has 8 rings (SSSR count). The van der Waals surface area contributed by atoms with Gasteiger partial charge in [-0.15, -0.1) is 0 Å². The average Bonchev–Trinajstić information content (AvgIpc) is 3.12. The van der Waals surface area contributed by atoms with Crippen LogP contribution in [0.1, 0.15) is 49.9 Å². The van der Waals surface area contributed by atoms with Gasteiger partial charge in [-0.25, -0.2) is 0 Å². The molecule has 0 N–H and O–H groups in total. The molecule has 0 amide bonds. The molecule has 2 aliphatic rings. The van der Waals surface area contributed by atoms with Gasteiger partial charge in [0.2, 0.25) is 0 Å². The van der Waals surface area contributed by atoms with Crippen LogP contribution in [-0.2, 0) is 10.8 Å². The molecule has 2 aliphatic heterocycles. The Morgan fingerprint density at radius 1 is 0.396 bits per heavy atom. The van der Waals surface area contributed by atoms with Crippen LogP contribution in [-0.4, -0.2) is 14.2 Å². The minimum atomic E-state index is -0.256. The Bertz CT molecular complexity index is 2010. The van der Waals surface area contributed by atoms with E-state index in [0.29, 0.717) is 0 Å². The summed E-state index contributed by atoms with van der Waals surface area (Å²) >= 11 is 0. The first-order chi connectivity index (χ1) is 23.2. The first-order valence-corrected chi connectivity index (χ1v) is 16.6. The van der Waals surface area contributed by atoms with Crippen molar-refractivity contribution in [3.05, 3.63) is 156 Å². The van der Waals surface area contributed by atoms with Crippen molar-refractivity contribution >= 4 is 34.1 Å². The van der Waals surface area contributed by atoms with Crippen molar-refractivity contribution in [2.45, 2.75) is 38.5 Å². The Morgan fingerprint density at radius 3 is 1.08 bits per heavy atom. The molecule has 0 aliphatic carbocycles. The van der Waals surface area contributed by atoms with Gasteiger partial charge < -0.3 is 19.3 Å². The largest absolute Gasteiger partial charge is 0.497 e. The second-order valence-electron chi connectivity index (χ2n) is 13.8. The number of rotatable bonds is 5. The van der Waals surface area contributed by atoms with Gasteiger partial charge in [0.15, 0.2) is 0 Å². The zero-order valence-corrected chi connectivity index (χ0v) is 28.4. The monoisotopic (exact) mass is 628 g/mol. The molecule has 2 heterocycles. The summed E-state index contributed by atoms with van der Waals surface area (Å²) in [7, 11) is 3.48. The van der Waals surface area contributed by atoms with E-state index in [1.807, 2.05) is 0 Å². The van der Waals surface area contributed by atoms with Gasteiger partial charge in [-0.05, 0) is 118 Å². The van der Waals surface area contributed by atoms with E-state index in [4.69, 9.17) is 9.47 Å². The van der Waals surface area contributed by atoms with Crippen LogP contribution in [0.2, 0.25) is 0 Å². The van der Waals surface area contributed by atoms with Gasteiger partial charge in [-0.1, -0.05) is 76.2 Å². The SMILES string of the molecule is COc1ccc2c(c1)C(C)(C)c1cc(-c3ccc4c(c3)C(C)(C)c3cc(OC)ccc3N4c3ccccc3)ccc1N2c1ccccc1. The van der Waals surface area contributed by atoms with Crippen LogP contribution >= 0.6 is 0 Å². The molecular formula is C44H40N2O2. The van der Waals surface area contributed by atoms with Crippen molar-refractivity contribution in [1.82, 2.24) is 0 Å². The van der Waals surface area contributed by atoms with Crippen LogP contribution in [0, 0.1) is 0 Å². The molecule has 6 aromatic rings. The molecule has 238 valence electrons. The summed E-state index contributed by atoms with van der Waals surface area (Å²) in [5.41, 5.74) is 14.0. The topological polar surface area (TPSA) is 24.9 Å². The quantitative estimate of drug-likeness (QED) is 0.190. The average molecular weight is 629 g/mol. The molecular weight excluding hydrogens is 588 g/mol. The standard InChI is InChI=1S/C44H40N2O2/c1-43(2)35-25-29(17-21-39(35)45(31-13-9-7-10-14-31)41-23-19-33(47-5)27-37(41)43)30-18-22-40-36(26-30)44(3,4)38-28-34(48-6)20-24-42(38)46(40)32-15-11-8-12-16-32/h7-28H,1-6H3. The lowest BCUT2D eigenvalue weighted by atomic mass is 9.71. The second-order valence-corrected chi connectivity index (χ2v) is 13.8. The molecule has 48 heavy (non-hydrogen) atoms. The van der Waals surface area contributed by atoms with Gasteiger partial charge in [0.1, 0.15) is 11.5 Å². The number of hydrogen-bond donors (Lipinski definition) is 0. The number of anilines is 6. The van der Waals surface area contributed by atoms with E-state index < -0.39 is 0 Å². The highest BCUT2D eigenvalue weighted by molar-refractivity contribution is 5.90. The second kappa shape index (κ2) is 11.1. The van der Waals surface area contributed by atoms with Crippen molar-refractivity contribution in [2.75, 3.05) is 24.0 Å². The summed E-state index contributed by atoms with van der Waals surface area (Å²) in [5, 5.41) is 0. The number of para-hydroxylation sites is 2. The summed E-state index contributed by atoms with van der Waals surface area (Å²) in [6.45, 7) is 9.31. The predicted octanol–water partition coefficient (Wildman–Crippen LogP) is 11.6. The number of hydrogen-bond acceptors (Lipinski definition) is 4. The van der Waals surface area contributed by atoms with E-state index in [9.17, 15) is 0 Å². The first kappa shape index (κ1) is 29.9. The van der Waals surface area contributed by atoms with Crippen molar-refractivity contribution in [3.8, 4) is 22.6 Å². The Balaban J connectivity index is 1.31. The normalized spacial score (nSPS) is 15.1. The van der Waals surface area contributed by atoms with Crippen molar-refractivity contribution < 1.29 is 9.47 Å². The molecule has 0 radical (unpaired) electrons. The Morgan fingerprint density at radius 2 is 0.729 bits per heavy atom. The summed E-state index contributed by atoms with van der Waals surface area (Å²) < 4.78 is 11.4. The number of benzene rings is 6. The van der Waals surface area contributed by atoms with Crippen LogP contribution in [0.4, 0.5) is 34.1 Å². The van der Waals surface area contributed by atoms with E-state index in [1.54, 1.807) is 14.2 Å². The minimum Gasteiger partial charge on any atom is -0.497 e. The Hall–Kier alpha value is -5.48. The molecule has 6 aromatic carbocycles. The first-order valence-electron chi connectivity index (χ1n) is 16.6. The van der Waals surface area contributed by atoms with Gasteiger partial charge in [-0.3, -0.25) is 0 Å². The Labute approximate surface area is 283 Å². The van der Waals surface area contributed by atoms with E-state index in [2.05, 4.69) is 171 Å². The van der Waals surface area contributed by atoms with Gasteiger partial charge in [0.25, 0.3) is 0 Å². The van der Waals surface area contributed by atoms with Crippen LogP contribution in [0.5, 0.6) is 11.5 Å². The lowest BCUT2D eigenvalue weighted by Gasteiger charge is -2.43. The highest BCUT2D eigenvalue weighted by atomic mass is 16.5. The number of ether oxygens (including phenoxy) is 2. The van der Waals surface area contributed by atoms with Gasteiger partial charge in [0.05, 0.1) is 37.0 Å². The third-order valence-electron chi connectivity index (χ3n) is 10.4. The number of fused-ring (bicyclic) bond motifs is 4. The molecule has 0 aromatic heterocycles. The summed E-state index contributed by atoms with van der Waals surface area (Å²) in [4.78, 5) is 4.77. The molecule has 0 saturated heterocycles. The maximum Gasteiger partial charge on any atom is 0.119 e. The number of methoxy groups -OCH3 is 2. The van der Waals surface area contributed by atoms with E-state index in [-0.39, 0.29) is 10.8 Å². The molecule has 0 saturated carbocycles. The molecule has 0 fully saturated rings. The van der Waals surface area contributed by atoms with Crippen molar-refractivity contribution in [3.63, 3.8) is 0 Å². The van der Waals surface area contributed by atoms with Gasteiger partial charge in [-0.2, -0.15) is 0 Å². The Kier molecular flexibility index (Phi) is 6.89. The maximum atomic E-state index is 5.72. The zero-order valence-electron chi connectivity index (χ0n) is 28.4. The fourth-order valence-electron chi connectivity index (χ4n) is 7.76. The fourth-order valence-corrected chi connectivity index (χ4v) is 7.76. The third-order valence-corrected chi connectivity index (χ3v) is 10.4. The zero-order chi connectivity index (χ0) is 33.2. The fraction of sp³-hybridized carbons (Fsp3) is 0.182. The molecule has 4 nitrogen and oxygen atoms in total. The highest BCUT2D eigenvalue weighted by Crippen LogP contribution is 2.55. The molecule has 0 unspecified atom stereocenters. The van der Waals surface area contributed by atoms with E-state index in [0.717, 1.165) is 22.9 Å². The summed E-state index contributed by atoms with van der Waals surface area (Å²) in [6.07, 6.45) is 0. The summed E-state index contributed by atoms with van der Waals surface area (Å²) in [5.74, 6) is 1.73. The minimum absolute atomic E-state index is 0.256. The van der Waals surface area contributed by atoms with Crippen LogP contribution < -0.4 is 19.3 Å². The van der Waals surface area contributed by atoms with E-state index in [1.165, 1.54) is 56.1 Å². The molecule has 0 spiro atoms.